The van der Waals surface area contributed by atoms with Crippen LogP contribution in [0.1, 0.15) is 24.5 Å². The van der Waals surface area contributed by atoms with Gasteiger partial charge in [0, 0.05) is 18.3 Å². The van der Waals surface area contributed by atoms with Gasteiger partial charge in [-0.05, 0) is 31.9 Å². The van der Waals surface area contributed by atoms with Crippen molar-refractivity contribution in [2.45, 2.75) is 33.2 Å². The fraction of sp³-hybridized carbons (Fsp3) is 0.500. The largest absolute Gasteiger partial charge is 0.383 e. The third-order valence-electron chi connectivity index (χ3n) is 2.46. The highest BCUT2D eigenvalue weighted by atomic mass is 14.9. The van der Waals surface area contributed by atoms with Crippen LogP contribution in [-0.2, 0) is 0 Å². The Hall–Kier alpha value is -1.02. The van der Waals surface area contributed by atoms with Gasteiger partial charge in [-0.15, -0.1) is 0 Å². The minimum atomic E-state index is 0.246. The lowest BCUT2D eigenvalue weighted by Gasteiger charge is -2.13. The Labute approximate surface area is 86.5 Å². The number of nitrogens with one attached hydrogen (secondary N) is 1. The molecule has 1 aromatic rings. The van der Waals surface area contributed by atoms with Crippen LogP contribution in [-0.4, -0.2) is 12.6 Å². The molecule has 2 nitrogen and oxygen atoms in total. The van der Waals surface area contributed by atoms with E-state index < -0.39 is 0 Å². The van der Waals surface area contributed by atoms with E-state index in [-0.39, 0.29) is 6.04 Å². The molecule has 0 saturated heterocycles. The lowest BCUT2D eigenvalue weighted by molar-refractivity contribution is 0.679. The Kier molecular flexibility index (Phi) is 3.96. The van der Waals surface area contributed by atoms with Crippen molar-refractivity contribution in [1.29, 1.82) is 0 Å². The second kappa shape index (κ2) is 5.01. The van der Waals surface area contributed by atoms with E-state index in [1.807, 2.05) is 0 Å². The minimum absolute atomic E-state index is 0.246. The highest BCUT2D eigenvalue weighted by Gasteiger charge is 2.00. The van der Waals surface area contributed by atoms with Crippen molar-refractivity contribution in [1.82, 2.24) is 0 Å². The van der Waals surface area contributed by atoms with E-state index in [0.29, 0.717) is 0 Å². The molecular weight excluding hydrogens is 172 g/mol. The SMILES string of the molecule is CCC(N)CNc1ccc(C)cc1C. The fourth-order valence-corrected chi connectivity index (χ4v) is 1.40. The maximum absolute atomic E-state index is 5.84. The monoisotopic (exact) mass is 192 g/mol. The molecule has 0 bridgehead atoms. The molecule has 1 unspecified atom stereocenters. The predicted octanol–water partition coefficient (Wildman–Crippen LogP) is 2.45. The lowest BCUT2D eigenvalue weighted by atomic mass is 10.1. The van der Waals surface area contributed by atoms with E-state index in [9.17, 15) is 0 Å². The molecule has 3 N–H and O–H groups in total. The maximum atomic E-state index is 5.84. The van der Waals surface area contributed by atoms with Crippen molar-refractivity contribution in [2.75, 3.05) is 11.9 Å². The molecule has 0 amide bonds. The molecule has 0 aliphatic heterocycles. The van der Waals surface area contributed by atoms with E-state index in [4.69, 9.17) is 5.73 Å². The van der Waals surface area contributed by atoms with Gasteiger partial charge in [-0.1, -0.05) is 24.6 Å². The second-order valence-corrected chi connectivity index (χ2v) is 3.87. The summed E-state index contributed by atoms with van der Waals surface area (Å²) in [4.78, 5) is 0. The van der Waals surface area contributed by atoms with Gasteiger partial charge in [0.2, 0.25) is 0 Å². The van der Waals surface area contributed by atoms with Crippen LogP contribution < -0.4 is 11.1 Å². The van der Waals surface area contributed by atoms with Crippen molar-refractivity contribution in [2.24, 2.45) is 5.73 Å². The highest BCUT2D eigenvalue weighted by Crippen LogP contribution is 2.15. The Morgan fingerprint density at radius 3 is 2.64 bits per heavy atom. The molecule has 0 spiro atoms. The average Bonchev–Trinajstić information content (AvgIpc) is 2.16. The van der Waals surface area contributed by atoms with Crippen LogP contribution in [0.4, 0.5) is 5.69 Å². The quantitative estimate of drug-likeness (QED) is 0.769. The van der Waals surface area contributed by atoms with Crippen LogP contribution in [0.25, 0.3) is 0 Å². The molecule has 0 aliphatic rings. The smallest absolute Gasteiger partial charge is 0.0370 e. The van der Waals surface area contributed by atoms with Crippen LogP contribution in [0.2, 0.25) is 0 Å². The summed E-state index contributed by atoms with van der Waals surface area (Å²) in [5.41, 5.74) is 9.62. The second-order valence-electron chi connectivity index (χ2n) is 3.87. The van der Waals surface area contributed by atoms with Gasteiger partial charge in [-0.2, -0.15) is 0 Å². The first-order valence-corrected chi connectivity index (χ1v) is 5.20. The summed E-state index contributed by atoms with van der Waals surface area (Å²) in [6, 6.07) is 6.66. The molecule has 14 heavy (non-hydrogen) atoms. The standard InChI is InChI=1S/C12H20N2/c1-4-11(13)8-14-12-6-5-9(2)7-10(12)3/h5-7,11,14H,4,8,13H2,1-3H3. The van der Waals surface area contributed by atoms with Gasteiger partial charge in [0.1, 0.15) is 0 Å². The van der Waals surface area contributed by atoms with Crippen molar-refractivity contribution in [3.63, 3.8) is 0 Å². The zero-order valence-electron chi connectivity index (χ0n) is 9.30. The van der Waals surface area contributed by atoms with Gasteiger partial charge in [-0.25, -0.2) is 0 Å². The van der Waals surface area contributed by atoms with Crippen molar-refractivity contribution in [3.05, 3.63) is 29.3 Å². The van der Waals surface area contributed by atoms with Crippen molar-refractivity contribution >= 4 is 5.69 Å². The summed E-state index contributed by atoms with van der Waals surface area (Å²) in [5, 5.41) is 3.37. The number of anilines is 1. The number of rotatable bonds is 4. The molecule has 0 aromatic heterocycles. The summed E-state index contributed by atoms with van der Waals surface area (Å²) < 4.78 is 0. The van der Waals surface area contributed by atoms with Gasteiger partial charge in [0.25, 0.3) is 0 Å². The predicted molar refractivity (Wildman–Crippen MR) is 62.7 cm³/mol. The topological polar surface area (TPSA) is 38.0 Å². The van der Waals surface area contributed by atoms with Crippen LogP contribution in [0.3, 0.4) is 0 Å². The molecule has 1 aromatic carbocycles. The van der Waals surface area contributed by atoms with Crippen molar-refractivity contribution in [3.8, 4) is 0 Å². The number of hydrogen-bond acceptors (Lipinski definition) is 2. The van der Waals surface area contributed by atoms with Crippen LogP contribution in [0, 0.1) is 13.8 Å². The van der Waals surface area contributed by atoms with E-state index in [1.165, 1.54) is 16.8 Å². The van der Waals surface area contributed by atoms with Crippen LogP contribution in [0.15, 0.2) is 18.2 Å². The Bertz CT molecular complexity index is 294. The van der Waals surface area contributed by atoms with Crippen LogP contribution >= 0.6 is 0 Å². The van der Waals surface area contributed by atoms with E-state index >= 15 is 0 Å². The summed E-state index contributed by atoms with van der Waals surface area (Å²) in [6.45, 7) is 7.18. The van der Waals surface area contributed by atoms with Gasteiger partial charge < -0.3 is 11.1 Å². The Morgan fingerprint density at radius 2 is 2.07 bits per heavy atom. The zero-order chi connectivity index (χ0) is 10.6. The van der Waals surface area contributed by atoms with Gasteiger partial charge in [0.05, 0.1) is 0 Å². The molecule has 0 radical (unpaired) electrons. The third kappa shape index (κ3) is 3.04. The number of aryl methyl sites for hydroxylation is 2. The summed E-state index contributed by atoms with van der Waals surface area (Å²) in [6.07, 6.45) is 1.01. The molecule has 0 heterocycles. The Morgan fingerprint density at radius 1 is 1.36 bits per heavy atom. The van der Waals surface area contributed by atoms with E-state index in [2.05, 4.69) is 44.3 Å². The first-order valence-electron chi connectivity index (χ1n) is 5.20. The molecule has 2 heteroatoms. The van der Waals surface area contributed by atoms with Gasteiger partial charge >= 0.3 is 0 Å². The molecule has 0 aliphatic carbocycles. The summed E-state index contributed by atoms with van der Waals surface area (Å²) in [5.74, 6) is 0. The van der Waals surface area contributed by atoms with E-state index in [0.717, 1.165) is 13.0 Å². The maximum Gasteiger partial charge on any atom is 0.0370 e. The fourth-order valence-electron chi connectivity index (χ4n) is 1.40. The molecule has 0 fully saturated rings. The Balaban J connectivity index is 2.59. The van der Waals surface area contributed by atoms with Gasteiger partial charge in [-0.3, -0.25) is 0 Å². The number of nitrogens with two attached hydrogens (primary N) is 1. The first-order chi connectivity index (χ1) is 6.63. The number of hydrogen-bond donors (Lipinski definition) is 2. The molecule has 0 saturated carbocycles. The van der Waals surface area contributed by atoms with Crippen LogP contribution in [0.5, 0.6) is 0 Å². The van der Waals surface area contributed by atoms with Gasteiger partial charge in [0.15, 0.2) is 0 Å². The summed E-state index contributed by atoms with van der Waals surface area (Å²) in [7, 11) is 0. The highest BCUT2D eigenvalue weighted by molar-refractivity contribution is 5.51. The molecule has 78 valence electrons. The van der Waals surface area contributed by atoms with E-state index in [1.54, 1.807) is 0 Å². The first kappa shape index (κ1) is 11.1. The summed E-state index contributed by atoms with van der Waals surface area (Å²) >= 11 is 0. The minimum Gasteiger partial charge on any atom is -0.383 e. The molecule has 1 atom stereocenters. The third-order valence-corrected chi connectivity index (χ3v) is 2.46. The normalized spacial score (nSPS) is 12.6. The molecular formula is C12H20N2. The lowest BCUT2D eigenvalue weighted by Crippen LogP contribution is -2.28. The number of benzene rings is 1. The zero-order valence-corrected chi connectivity index (χ0v) is 9.30. The average molecular weight is 192 g/mol. The van der Waals surface area contributed by atoms with Crippen molar-refractivity contribution < 1.29 is 0 Å². The molecule has 1 rings (SSSR count).